The molecule has 3 aromatic heterocycles. The van der Waals surface area contributed by atoms with E-state index < -0.39 is 0 Å². The average molecular weight is 443 g/mol. The highest BCUT2D eigenvalue weighted by molar-refractivity contribution is 6.34. The maximum absolute atomic E-state index is 6.19. The lowest BCUT2D eigenvalue weighted by Gasteiger charge is -2.18. The molecule has 0 spiro atoms. The summed E-state index contributed by atoms with van der Waals surface area (Å²) in [5, 5.41) is 4.46. The number of aromatic amines is 2. The van der Waals surface area contributed by atoms with Gasteiger partial charge in [-0.3, -0.25) is 0 Å². The summed E-state index contributed by atoms with van der Waals surface area (Å²) in [6.07, 6.45) is 7.91. The highest BCUT2D eigenvalue weighted by atomic mass is 35.5. The Morgan fingerprint density at radius 2 is 1.97 bits per heavy atom. The second kappa shape index (κ2) is 9.65. The number of aromatic nitrogens is 5. The van der Waals surface area contributed by atoms with Crippen molar-refractivity contribution in [2.45, 2.75) is 18.9 Å². The van der Waals surface area contributed by atoms with Crippen molar-refractivity contribution < 1.29 is 4.74 Å². The van der Waals surface area contributed by atoms with Crippen LogP contribution in [-0.4, -0.2) is 31.5 Å². The van der Waals surface area contributed by atoms with Gasteiger partial charge >= 0.3 is 0 Å². The van der Waals surface area contributed by atoms with E-state index in [0.29, 0.717) is 28.2 Å². The Hall–Kier alpha value is -3.03. The van der Waals surface area contributed by atoms with Crippen LogP contribution in [-0.2, 0) is 12.8 Å². The molecular weight excluding hydrogens is 423 g/mol. The number of nitrogens with one attached hydrogen (secondary N) is 3. The molecule has 1 atom stereocenters. The number of benzene rings is 1. The lowest BCUT2D eigenvalue weighted by molar-refractivity contribution is 0.189. The van der Waals surface area contributed by atoms with Gasteiger partial charge in [-0.2, -0.15) is 4.98 Å². The molecule has 0 aliphatic carbocycles. The van der Waals surface area contributed by atoms with E-state index in [9.17, 15) is 0 Å². The van der Waals surface area contributed by atoms with Gasteiger partial charge in [0.15, 0.2) is 6.10 Å². The minimum atomic E-state index is -0.373. The number of hydrogen-bond acceptors (Lipinski definition) is 5. The van der Waals surface area contributed by atoms with E-state index >= 15 is 0 Å². The van der Waals surface area contributed by atoms with Gasteiger partial charge in [0.25, 0.3) is 0 Å². The highest BCUT2D eigenvalue weighted by Gasteiger charge is 2.18. The molecule has 0 amide bonds. The summed E-state index contributed by atoms with van der Waals surface area (Å²) < 4.78 is 6.19. The van der Waals surface area contributed by atoms with Crippen LogP contribution in [0.15, 0.2) is 61.3 Å². The predicted octanol–water partition coefficient (Wildman–Crippen LogP) is 4.85. The Morgan fingerprint density at radius 1 is 1.10 bits per heavy atom. The maximum Gasteiger partial charge on any atom is 0.215 e. The number of H-pyrrole nitrogens is 2. The molecule has 7 nitrogen and oxygen atoms in total. The van der Waals surface area contributed by atoms with Gasteiger partial charge in [0.1, 0.15) is 11.6 Å². The normalized spacial score (nSPS) is 11.9. The van der Waals surface area contributed by atoms with E-state index in [-0.39, 0.29) is 6.10 Å². The number of halogens is 2. The average Bonchev–Trinajstić information content (AvgIpc) is 3.41. The molecule has 1 unspecified atom stereocenters. The molecule has 1 aromatic carbocycles. The van der Waals surface area contributed by atoms with Crippen molar-refractivity contribution in [2.24, 2.45) is 0 Å². The third-order valence-corrected chi connectivity index (χ3v) is 4.85. The van der Waals surface area contributed by atoms with Gasteiger partial charge in [0, 0.05) is 59.8 Å². The molecule has 0 aliphatic heterocycles. The summed E-state index contributed by atoms with van der Waals surface area (Å²) in [5.74, 6) is 1.93. The molecular formula is C21H20Cl2N6O. The molecule has 0 saturated carbocycles. The molecule has 4 rings (SSSR count). The van der Waals surface area contributed by atoms with Gasteiger partial charge in [-0.05, 0) is 29.8 Å². The third-order valence-electron chi connectivity index (χ3n) is 4.41. The van der Waals surface area contributed by atoms with Gasteiger partial charge in [0.05, 0.1) is 6.33 Å². The summed E-state index contributed by atoms with van der Waals surface area (Å²) in [6.45, 7) is 0.723. The number of imidazole rings is 2. The zero-order chi connectivity index (χ0) is 20.8. The molecule has 9 heteroatoms. The van der Waals surface area contributed by atoms with E-state index in [0.717, 1.165) is 30.0 Å². The first kappa shape index (κ1) is 20.3. The Balaban J connectivity index is 1.46. The standard InChI is InChI=1S/C21H20Cl2N6O/c22-15-8-14(9-16(23)11-15)10-18(21-26-6-7-27-21)30-20-3-1-2-19(29-20)25-5-4-17-12-24-13-28-17/h1-3,6-9,11-13,18H,4-5,10H2,(H,24,28)(H,25,29)(H,26,27). The monoisotopic (exact) mass is 442 g/mol. The summed E-state index contributed by atoms with van der Waals surface area (Å²) in [7, 11) is 0. The van der Waals surface area contributed by atoms with Crippen LogP contribution < -0.4 is 10.1 Å². The zero-order valence-electron chi connectivity index (χ0n) is 16.0. The van der Waals surface area contributed by atoms with Crippen LogP contribution in [0.25, 0.3) is 0 Å². The van der Waals surface area contributed by atoms with E-state index in [1.54, 1.807) is 24.8 Å². The van der Waals surface area contributed by atoms with Crippen LogP contribution in [0.4, 0.5) is 5.82 Å². The number of nitrogens with zero attached hydrogens (tertiary/aromatic N) is 3. The van der Waals surface area contributed by atoms with Crippen LogP contribution in [0, 0.1) is 0 Å². The second-order valence-electron chi connectivity index (χ2n) is 6.68. The van der Waals surface area contributed by atoms with Crippen LogP contribution in [0.5, 0.6) is 5.88 Å². The Kier molecular flexibility index (Phi) is 6.51. The van der Waals surface area contributed by atoms with Gasteiger partial charge in [-0.25, -0.2) is 9.97 Å². The zero-order valence-corrected chi connectivity index (χ0v) is 17.5. The van der Waals surface area contributed by atoms with E-state index in [1.807, 2.05) is 36.5 Å². The van der Waals surface area contributed by atoms with Crippen molar-refractivity contribution >= 4 is 29.0 Å². The fourth-order valence-electron chi connectivity index (χ4n) is 3.06. The first-order valence-corrected chi connectivity index (χ1v) is 10.2. The second-order valence-corrected chi connectivity index (χ2v) is 7.55. The lowest BCUT2D eigenvalue weighted by atomic mass is 10.1. The third kappa shape index (κ3) is 5.52. The van der Waals surface area contributed by atoms with E-state index in [2.05, 4.69) is 30.2 Å². The van der Waals surface area contributed by atoms with E-state index in [1.165, 1.54) is 0 Å². The summed E-state index contributed by atoms with van der Waals surface area (Å²) in [6, 6.07) is 11.1. The Morgan fingerprint density at radius 3 is 2.70 bits per heavy atom. The molecule has 0 fully saturated rings. The lowest BCUT2D eigenvalue weighted by Crippen LogP contribution is -2.14. The Labute approximate surface area is 183 Å². The molecule has 154 valence electrons. The van der Waals surface area contributed by atoms with E-state index in [4.69, 9.17) is 27.9 Å². The Bertz CT molecular complexity index is 1050. The molecule has 3 heterocycles. The molecule has 0 bridgehead atoms. The quantitative estimate of drug-likeness (QED) is 0.344. The summed E-state index contributed by atoms with van der Waals surface area (Å²) in [4.78, 5) is 19.1. The number of hydrogen-bond donors (Lipinski definition) is 3. The summed E-state index contributed by atoms with van der Waals surface area (Å²) >= 11 is 12.3. The van der Waals surface area contributed by atoms with Gasteiger partial charge in [0.2, 0.25) is 5.88 Å². The SMILES string of the molecule is Clc1cc(Cl)cc(CC(Oc2cccc(NCCc3cnc[nH]3)n2)c2ncc[nH]2)c1. The van der Waals surface area contributed by atoms with Crippen molar-refractivity contribution in [2.75, 3.05) is 11.9 Å². The van der Waals surface area contributed by atoms with Crippen molar-refractivity contribution in [1.82, 2.24) is 24.9 Å². The number of ether oxygens (including phenoxy) is 1. The number of anilines is 1. The number of rotatable bonds is 9. The van der Waals surface area contributed by atoms with Crippen LogP contribution in [0.2, 0.25) is 10.0 Å². The number of pyridine rings is 1. The topological polar surface area (TPSA) is 91.5 Å². The molecule has 3 N–H and O–H groups in total. The summed E-state index contributed by atoms with van der Waals surface area (Å²) in [5.41, 5.74) is 2.01. The fraction of sp³-hybridized carbons (Fsp3) is 0.190. The fourth-order valence-corrected chi connectivity index (χ4v) is 3.63. The highest BCUT2D eigenvalue weighted by Crippen LogP contribution is 2.26. The predicted molar refractivity (Wildman–Crippen MR) is 117 cm³/mol. The van der Waals surface area contributed by atoms with Crippen molar-refractivity contribution in [3.05, 3.63) is 88.4 Å². The molecule has 0 radical (unpaired) electrons. The minimum Gasteiger partial charge on any atom is -0.466 e. The molecule has 30 heavy (non-hydrogen) atoms. The van der Waals surface area contributed by atoms with Crippen molar-refractivity contribution in [3.8, 4) is 5.88 Å². The largest absolute Gasteiger partial charge is 0.466 e. The van der Waals surface area contributed by atoms with Gasteiger partial charge in [-0.1, -0.05) is 29.3 Å². The molecule has 0 saturated heterocycles. The first-order chi connectivity index (χ1) is 14.7. The van der Waals surface area contributed by atoms with Crippen LogP contribution >= 0.6 is 23.2 Å². The minimum absolute atomic E-state index is 0.373. The van der Waals surface area contributed by atoms with Gasteiger partial charge in [-0.15, -0.1) is 0 Å². The maximum atomic E-state index is 6.19. The van der Waals surface area contributed by atoms with Gasteiger partial charge < -0.3 is 20.0 Å². The van der Waals surface area contributed by atoms with Crippen molar-refractivity contribution in [3.63, 3.8) is 0 Å². The van der Waals surface area contributed by atoms with Crippen molar-refractivity contribution in [1.29, 1.82) is 0 Å². The molecule has 0 aliphatic rings. The molecule has 4 aromatic rings. The van der Waals surface area contributed by atoms with Crippen LogP contribution in [0.3, 0.4) is 0 Å². The first-order valence-electron chi connectivity index (χ1n) is 9.45. The smallest absolute Gasteiger partial charge is 0.215 e. The van der Waals surface area contributed by atoms with Crippen LogP contribution in [0.1, 0.15) is 23.2 Å².